The van der Waals surface area contributed by atoms with Crippen LogP contribution in [0.15, 0.2) is 17.0 Å². The number of halogens is 4. The Hall–Kier alpha value is -3.45. The number of hydrogen-bond acceptors (Lipinski definition) is 8. The molecule has 0 aliphatic heterocycles. The molecule has 0 radical (unpaired) electrons. The molecule has 14 rings (SSSR count). The van der Waals surface area contributed by atoms with Gasteiger partial charge in [0.05, 0.1) is 11.0 Å². The number of hydrogen-bond donors (Lipinski definition) is 0. The Morgan fingerprint density at radius 2 is 1.02 bits per heavy atom. The zero-order valence-corrected chi connectivity index (χ0v) is 31.5. The smallest absolute Gasteiger partial charge is 0.344 e. The van der Waals surface area contributed by atoms with E-state index >= 15 is 22.4 Å². The number of benzene rings is 2. The summed E-state index contributed by atoms with van der Waals surface area (Å²) in [5.74, 6) is -12.2. The average Bonchev–Trinajstić information content (AvgIpc) is 3.13. The quantitative estimate of drug-likeness (QED) is 0.0978. The van der Waals surface area contributed by atoms with Crippen LogP contribution in [0.25, 0.3) is 0 Å². The Morgan fingerprint density at radius 3 is 1.45 bits per heavy atom. The number of ketones is 3. The van der Waals surface area contributed by atoms with Gasteiger partial charge in [-0.05, 0) is 148 Å². The molecule has 2 aromatic rings. The van der Waals surface area contributed by atoms with Crippen molar-refractivity contribution in [1.82, 2.24) is 0 Å². The van der Waals surface area contributed by atoms with Crippen molar-refractivity contribution in [3.05, 3.63) is 57.7 Å². The second-order valence-electron chi connectivity index (χ2n) is 19.7. The SMILES string of the molecule is O=C(Oc1c(F)c(F)c(S(=O)(=O)[O-])c(F)c1F)c1c(C23CC4CC(C2)C(=O)C(C4)C3)cc(C23CC4CC(CC(C4)C2=O)C3)cc1C12CC3CC(C1)C(=O)C(C3)C2. The fourth-order valence-corrected chi connectivity index (χ4v) is 15.9. The van der Waals surface area contributed by atoms with Crippen LogP contribution in [0.1, 0.15) is 123 Å². The third-order valence-electron chi connectivity index (χ3n) is 16.7. The lowest BCUT2D eigenvalue weighted by Crippen LogP contribution is -2.57. The van der Waals surface area contributed by atoms with Crippen molar-refractivity contribution in [2.45, 2.75) is 117 Å². The molecular formula is C43H41F4O8S-. The highest BCUT2D eigenvalue weighted by atomic mass is 32.2. The van der Waals surface area contributed by atoms with Gasteiger partial charge in [0, 0.05) is 29.6 Å². The van der Waals surface area contributed by atoms with Crippen molar-refractivity contribution >= 4 is 33.4 Å². The van der Waals surface area contributed by atoms with Crippen LogP contribution >= 0.6 is 0 Å². The Labute approximate surface area is 321 Å². The summed E-state index contributed by atoms with van der Waals surface area (Å²) >= 11 is 0. The molecule has 12 fully saturated rings. The summed E-state index contributed by atoms with van der Waals surface area (Å²) in [5.41, 5.74) is -0.480. The highest BCUT2D eigenvalue weighted by Crippen LogP contribution is 2.65. The van der Waals surface area contributed by atoms with Gasteiger partial charge in [0.2, 0.25) is 17.4 Å². The molecule has 12 saturated carbocycles. The largest absolute Gasteiger partial charge is 0.744 e. The predicted octanol–water partition coefficient (Wildman–Crippen LogP) is 7.31. The summed E-state index contributed by atoms with van der Waals surface area (Å²) in [5, 5.41) is 0. The molecule has 56 heavy (non-hydrogen) atoms. The molecule has 12 aliphatic rings. The first-order valence-corrected chi connectivity index (χ1v) is 21.8. The molecule has 0 spiro atoms. The van der Waals surface area contributed by atoms with Crippen LogP contribution in [0.3, 0.4) is 0 Å². The van der Waals surface area contributed by atoms with Gasteiger partial charge in [-0.25, -0.2) is 22.0 Å². The molecule has 12 bridgehead atoms. The Morgan fingerprint density at radius 1 is 0.607 bits per heavy atom. The Bertz CT molecular complexity index is 2180. The number of ether oxygens (including phenoxy) is 1. The lowest BCUT2D eigenvalue weighted by molar-refractivity contribution is -0.143. The van der Waals surface area contributed by atoms with Crippen molar-refractivity contribution in [2.75, 3.05) is 0 Å². The molecule has 2 aromatic carbocycles. The third-order valence-corrected chi connectivity index (χ3v) is 17.5. The second-order valence-corrected chi connectivity index (χ2v) is 21.1. The first kappa shape index (κ1) is 35.7. The monoisotopic (exact) mass is 793 g/mol. The molecule has 296 valence electrons. The van der Waals surface area contributed by atoms with Crippen molar-refractivity contribution in [2.24, 2.45) is 53.3 Å². The summed E-state index contributed by atoms with van der Waals surface area (Å²) < 4.78 is 102. The van der Waals surface area contributed by atoms with E-state index in [2.05, 4.69) is 0 Å². The summed E-state index contributed by atoms with van der Waals surface area (Å²) in [4.78, 5) is 54.3. The van der Waals surface area contributed by atoms with E-state index < -0.39 is 66.2 Å². The number of Topliss-reactive ketones (excluding diaryl/α,β-unsaturated/α-hetero) is 3. The van der Waals surface area contributed by atoms with Crippen LogP contribution in [0, 0.1) is 76.5 Å². The standard InChI is InChI=1S/C43H42F4O8S/c44-31-33(46)38(56(52,53)54)34(47)32(45)37(31)55-40(51)30-28(41-10-20-4-23(14-41)35(48)24(5-20)15-41)8-27(43-12-18-1-19(13-43)3-22(2-18)39(43)50)9-29(30)42-11-21-6-25(16-42)36(49)26(7-21)17-42/h8-9,18-26H,1-7,10-17H2,(H,52,53,54)/p-1. The van der Waals surface area contributed by atoms with Gasteiger partial charge in [-0.3, -0.25) is 14.4 Å². The highest BCUT2D eigenvalue weighted by molar-refractivity contribution is 7.85. The summed E-state index contributed by atoms with van der Waals surface area (Å²) in [6.07, 6.45) is 9.96. The van der Waals surface area contributed by atoms with Crippen LogP contribution in [0.2, 0.25) is 0 Å². The molecule has 0 heterocycles. The van der Waals surface area contributed by atoms with E-state index in [1.165, 1.54) is 0 Å². The zero-order chi connectivity index (χ0) is 39.0. The average molecular weight is 794 g/mol. The lowest BCUT2D eigenvalue weighted by Gasteiger charge is -2.59. The Balaban J connectivity index is 1.16. The highest BCUT2D eigenvalue weighted by Gasteiger charge is 2.62. The topological polar surface area (TPSA) is 135 Å². The fourth-order valence-electron chi connectivity index (χ4n) is 15.3. The van der Waals surface area contributed by atoms with Crippen molar-refractivity contribution in [3.8, 4) is 5.75 Å². The maximum Gasteiger partial charge on any atom is 0.344 e. The third kappa shape index (κ3) is 4.70. The molecule has 0 aromatic heterocycles. The summed E-state index contributed by atoms with van der Waals surface area (Å²) in [7, 11) is -6.01. The molecule has 8 nitrogen and oxygen atoms in total. The van der Waals surface area contributed by atoms with Crippen LogP contribution in [0.4, 0.5) is 17.6 Å². The lowest BCUT2D eigenvalue weighted by atomic mass is 9.44. The van der Waals surface area contributed by atoms with Gasteiger partial charge in [-0.2, -0.15) is 8.78 Å². The number of carbonyl (C=O) groups excluding carboxylic acids is 4. The summed E-state index contributed by atoms with van der Waals surface area (Å²) in [6, 6.07) is 3.85. The van der Waals surface area contributed by atoms with Crippen LogP contribution in [-0.4, -0.2) is 36.3 Å². The van der Waals surface area contributed by atoms with E-state index in [-0.39, 0.29) is 64.3 Å². The van der Waals surface area contributed by atoms with Crippen LogP contribution < -0.4 is 4.74 Å². The number of esters is 1. The maximum absolute atomic E-state index is 15.6. The predicted molar refractivity (Wildman–Crippen MR) is 186 cm³/mol. The first-order valence-electron chi connectivity index (χ1n) is 20.3. The zero-order valence-electron chi connectivity index (χ0n) is 30.6. The number of carbonyl (C=O) groups is 4. The first-order chi connectivity index (χ1) is 26.5. The molecule has 6 atom stereocenters. The molecular weight excluding hydrogens is 753 g/mol. The molecule has 6 unspecified atom stereocenters. The van der Waals surface area contributed by atoms with Crippen molar-refractivity contribution < 1.29 is 54.4 Å². The van der Waals surface area contributed by atoms with E-state index in [0.717, 1.165) is 50.5 Å². The van der Waals surface area contributed by atoms with E-state index in [4.69, 9.17) is 4.74 Å². The van der Waals surface area contributed by atoms with E-state index in [1.807, 2.05) is 12.1 Å². The van der Waals surface area contributed by atoms with Crippen LogP contribution in [0.5, 0.6) is 5.75 Å². The molecule has 0 N–H and O–H groups in total. The summed E-state index contributed by atoms with van der Waals surface area (Å²) in [6.45, 7) is 0. The fraction of sp³-hybridized carbons (Fsp3) is 0.628. The van der Waals surface area contributed by atoms with E-state index in [1.54, 1.807) is 0 Å². The van der Waals surface area contributed by atoms with Crippen molar-refractivity contribution in [1.29, 1.82) is 0 Å². The maximum atomic E-state index is 15.6. The minimum Gasteiger partial charge on any atom is -0.744 e. The second kappa shape index (κ2) is 11.4. The van der Waals surface area contributed by atoms with Gasteiger partial charge in [-0.15, -0.1) is 0 Å². The number of rotatable bonds is 6. The molecule has 0 saturated heterocycles. The van der Waals surface area contributed by atoms with Gasteiger partial charge in [-0.1, -0.05) is 12.1 Å². The van der Waals surface area contributed by atoms with Gasteiger partial charge in [0.15, 0.2) is 11.6 Å². The normalized spacial score (nSPS) is 41.3. The molecule has 13 heteroatoms. The van der Waals surface area contributed by atoms with Gasteiger partial charge >= 0.3 is 5.97 Å². The Kier molecular flexibility index (Phi) is 7.26. The van der Waals surface area contributed by atoms with Gasteiger partial charge in [0.1, 0.15) is 32.4 Å². The molecule has 12 aliphatic carbocycles. The van der Waals surface area contributed by atoms with E-state index in [9.17, 15) is 27.4 Å². The minimum atomic E-state index is -6.01. The molecule has 0 amide bonds. The van der Waals surface area contributed by atoms with Crippen LogP contribution in [-0.2, 0) is 40.7 Å². The van der Waals surface area contributed by atoms with Gasteiger partial charge in [0.25, 0.3) is 0 Å². The van der Waals surface area contributed by atoms with Gasteiger partial charge < -0.3 is 9.29 Å². The van der Waals surface area contributed by atoms with Crippen molar-refractivity contribution in [3.63, 3.8) is 0 Å². The minimum absolute atomic E-state index is 0.0186. The van der Waals surface area contributed by atoms with E-state index in [0.29, 0.717) is 74.3 Å².